The van der Waals surface area contributed by atoms with Crippen molar-refractivity contribution in [2.45, 2.75) is 45.6 Å². The van der Waals surface area contributed by atoms with E-state index in [1.165, 1.54) is 6.92 Å². The van der Waals surface area contributed by atoms with E-state index in [4.69, 9.17) is 9.47 Å². The number of hydrogen-bond acceptors (Lipinski definition) is 4. The van der Waals surface area contributed by atoms with Gasteiger partial charge < -0.3 is 9.47 Å². The molecule has 0 saturated heterocycles. The van der Waals surface area contributed by atoms with Gasteiger partial charge in [0.05, 0.1) is 6.61 Å². The molecule has 0 heterocycles. The van der Waals surface area contributed by atoms with E-state index in [2.05, 4.69) is 6.58 Å². The maximum atomic E-state index is 11.0. The van der Waals surface area contributed by atoms with E-state index in [-0.39, 0.29) is 18.0 Å². The van der Waals surface area contributed by atoms with Crippen LogP contribution < -0.4 is 0 Å². The van der Waals surface area contributed by atoms with Crippen LogP contribution in [0.4, 0.5) is 0 Å². The predicted octanol–water partition coefficient (Wildman–Crippen LogP) is 2.23. The summed E-state index contributed by atoms with van der Waals surface area (Å²) in [5, 5.41) is 0. The Labute approximate surface area is 96.6 Å². The summed E-state index contributed by atoms with van der Waals surface area (Å²) in [5.41, 5.74) is 0. The second kappa shape index (κ2) is 8.95. The van der Waals surface area contributed by atoms with Crippen molar-refractivity contribution in [1.82, 2.24) is 0 Å². The van der Waals surface area contributed by atoms with Crippen molar-refractivity contribution in [2.75, 3.05) is 6.61 Å². The SMILES string of the molecule is C=C[C@H](CCCCC(=O)OCC)OC(C)=O. The van der Waals surface area contributed by atoms with E-state index in [9.17, 15) is 9.59 Å². The summed E-state index contributed by atoms with van der Waals surface area (Å²) >= 11 is 0. The third-order valence-corrected chi connectivity index (χ3v) is 2.01. The van der Waals surface area contributed by atoms with Gasteiger partial charge in [0.1, 0.15) is 6.10 Å². The molecule has 0 aliphatic rings. The fraction of sp³-hybridized carbons (Fsp3) is 0.667. The van der Waals surface area contributed by atoms with Crippen molar-refractivity contribution in [3.05, 3.63) is 12.7 Å². The molecule has 1 atom stereocenters. The molecule has 92 valence electrons. The molecule has 0 bridgehead atoms. The average Bonchev–Trinajstić information content (AvgIpc) is 2.22. The van der Waals surface area contributed by atoms with Crippen LogP contribution in [0.5, 0.6) is 0 Å². The second-order valence-electron chi connectivity index (χ2n) is 3.43. The summed E-state index contributed by atoms with van der Waals surface area (Å²) < 4.78 is 9.78. The lowest BCUT2D eigenvalue weighted by Crippen LogP contribution is -2.13. The van der Waals surface area contributed by atoms with Gasteiger partial charge in [-0.3, -0.25) is 9.59 Å². The summed E-state index contributed by atoms with van der Waals surface area (Å²) in [5.74, 6) is -0.486. The summed E-state index contributed by atoms with van der Waals surface area (Å²) in [4.78, 5) is 21.7. The highest BCUT2D eigenvalue weighted by Gasteiger charge is 2.08. The molecular formula is C12H20O4. The highest BCUT2D eigenvalue weighted by Crippen LogP contribution is 2.08. The Morgan fingerprint density at radius 2 is 2.06 bits per heavy atom. The molecule has 0 amide bonds. The van der Waals surface area contributed by atoms with Gasteiger partial charge in [0.15, 0.2) is 0 Å². The minimum Gasteiger partial charge on any atom is -0.466 e. The zero-order valence-electron chi connectivity index (χ0n) is 10.0. The number of rotatable bonds is 8. The molecule has 0 aromatic carbocycles. The van der Waals surface area contributed by atoms with Crippen LogP contribution in [0, 0.1) is 0 Å². The Balaban J connectivity index is 3.59. The lowest BCUT2D eigenvalue weighted by Gasteiger charge is -2.11. The zero-order chi connectivity index (χ0) is 12.4. The minimum absolute atomic E-state index is 0.176. The Hall–Kier alpha value is -1.32. The Morgan fingerprint density at radius 1 is 1.38 bits per heavy atom. The molecule has 16 heavy (non-hydrogen) atoms. The molecule has 0 saturated carbocycles. The Kier molecular flexibility index (Phi) is 8.21. The largest absolute Gasteiger partial charge is 0.466 e. The monoisotopic (exact) mass is 228 g/mol. The van der Waals surface area contributed by atoms with Crippen molar-refractivity contribution in [3.63, 3.8) is 0 Å². The first kappa shape index (κ1) is 14.7. The molecule has 0 radical (unpaired) electrons. The van der Waals surface area contributed by atoms with E-state index in [1.54, 1.807) is 13.0 Å². The second-order valence-corrected chi connectivity index (χ2v) is 3.43. The van der Waals surface area contributed by atoms with Gasteiger partial charge in [-0.2, -0.15) is 0 Å². The first-order valence-electron chi connectivity index (χ1n) is 5.55. The van der Waals surface area contributed by atoms with Gasteiger partial charge in [0, 0.05) is 13.3 Å². The van der Waals surface area contributed by atoms with Gasteiger partial charge >= 0.3 is 11.9 Å². The molecule has 0 aliphatic heterocycles. The zero-order valence-corrected chi connectivity index (χ0v) is 10.0. The smallest absolute Gasteiger partial charge is 0.305 e. The maximum Gasteiger partial charge on any atom is 0.305 e. The van der Waals surface area contributed by atoms with Crippen LogP contribution in [0.25, 0.3) is 0 Å². The first-order valence-corrected chi connectivity index (χ1v) is 5.55. The fourth-order valence-electron chi connectivity index (χ4n) is 1.29. The lowest BCUT2D eigenvalue weighted by atomic mass is 10.1. The molecule has 0 unspecified atom stereocenters. The van der Waals surface area contributed by atoms with Crippen molar-refractivity contribution in [2.24, 2.45) is 0 Å². The third kappa shape index (κ3) is 8.03. The fourth-order valence-corrected chi connectivity index (χ4v) is 1.29. The molecule has 0 aromatic heterocycles. The number of ether oxygens (including phenoxy) is 2. The molecular weight excluding hydrogens is 208 g/mol. The van der Waals surface area contributed by atoms with Gasteiger partial charge in [0.25, 0.3) is 0 Å². The van der Waals surface area contributed by atoms with E-state index in [0.717, 1.165) is 12.8 Å². The minimum atomic E-state index is -0.310. The van der Waals surface area contributed by atoms with E-state index in [0.29, 0.717) is 19.4 Å². The van der Waals surface area contributed by atoms with Crippen LogP contribution >= 0.6 is 0 Å². The molecule has 0 spiro atoms. The van der Waals surface area contributed by atoms with Crippen LogP contribution in [0.2, 0.25) is 0 Å². The van der Waals surface area contributed by atoms with E-state index < -0.39 is 0 Å². The summed E-state index contributed by atoms with van der Waals surface area (Å²) in [6.45, 7) is 7.16. The number of esters is 2. The number of unbranched alkanes of at least 4 members (excludes halogenated alkanes) is 1. The number of carbonyl (C=O) groups is 2. The van der Waals surface area contributed by atoms with Gasteiger partial charge in [-0.15, -0.1) is 0 Å². The molecule has 4 heteroatoms. The topological polar surface area (TPSA) is 52.6 Å². The van der Waals surface area contributed by atoms with Crippen LogP contribution in [0.1, 0.15) is 39.5 Å². The molecule has 4 nitrogen and oxygen atoms in total. The van der Waals surface area contributed by atoms with Crippen LogP contribution in [-0.2, 0) is 19.1 Å². The van der Waals surface area contributed by atoms with Gasteiger partial charge in [0.2, 0.25) is 0 Å². The van der Waals surface area contributed by atoms with Gasteiger partial charge in [-0.1, -0.05) is 12.7 Å². The molecule has 0 aromatic rings. The highest BCUT2D eigenvalue weighted by molar-refractivity contribution is 5.69. The highest BCUT2D eigenvalue weighted by atomic mass is 16.5. The van der Waals surface area contributed by atoms with Crippen molar-refractivity contribution in [3.8, 4) is 0 Å². The van der Waals surface area contributed by atoms with Crippen molar-refractivity contribution < 1.29 is 19.1 Å². The average molecular weight is 228 g/mol. The Morgan fingerprint density at radius 3 is 2.56 bits per heavy atom. The van der Waals surface area contributed by atoms with Crippen LogP contribution in [0.15, 0.2) is 12.7 Å². The molecule has 0 rings (SSSR count). The maximum absolute atomic E-state index is 11.0. The quantitative estimate of drug-likeness (QED) is 0.363. The van der Waals surface area contributed by atoms with Crippen LogP contribution in [0.3, 0.4) is 0 Å². The first-order chi connectivity index (χ1) is 7.60. The summed E-state index contributed by atoms with van der Waals surface area (Å²) in [6.07, 6.45) is 4.01. The van der Waals surface area contributed by atoms with Gasteiger partial charge in [-0.05, 0) is 26.2 Å². The van der Waals surface area contributed by atoms with Crippen LogP contribution in [-0.4, -0.2) is 24.6 Å². The standard InChI is InChI=1S/C12H20O4/c1-4-11(16-10(3)13)8-6-7-9-12(14)15-5-2/h4,11H,1,5-9H2,2-3H3/t11-/m1/s1. The third-order valence-electron chi connectivity index (χ3n) is 2.01. The number of carbonyl (C=O) groups excluding carboxylic acids is 2. The molecule has 0 fully saturated rings. The summed E-state index contributed by atoms with van der Waals surface area (Å²) in [6, 6.07) is 0. The van der Waals surface area contributed by atoms with Crippen molar-refractivity contribution >= 4 is 11.9 Å². The van der Waals surface area contributed by atoms with Gasteiger partial charge in [-0.25, -0.2) is 0 Å². The Bertz CT molecular complexity index is 235. The molecule has 0 aliphatic carbocycles. The molecule has 0 N–H and O–H groups in total. The number of hydrogen-bond donors (Lipinski definition) is 0. The predicted molar refractivity (Wildman–Crippen MR) is 60.9 cm³/mol. The normalized spacial score (nSPS) is 11.6. The van der Waals surface area contributed by atoms with Crippen molar-refractivity contribution in [1.29, 1.82) is 0 Å². The lowest BCUT2D eigenvalue weighted by molar-refractivity contribution is -0.145. The van der Waals surface area contributed by atoms with E-state index >= 15 is 0 Å². The van der Waals surface area contributed by atoms with E-state index in [1.807, 2.05) is 0 Å². The summed E-state index contributed by atoms with van der Waals surface area (Å²) in [7, 11) is 0.